The Labute approximate surface area is 120 Å². The number of aliphatic hydroxyl groups excluding tert-OH is 1. The molecular formula is C18H21NO. The molecule has 0 unspecified atom stereocenters. The first kappa shape index (κ1) is 13.3. The molecule has 1 aliphatic rings. The van der Waals surface area contributed by atoms with E-state index >= 15 is 0 Å². The Kier molecular flexibility index (Phi) is 3.60. The lowest BCUT2D eigenvalue weighted by Gasteiger charge is -2.38. The molecule has 1 fully saturated rings. The van der Waals surface area contributed by atoms with Gasteiger partial charge in [-0.3, -0.25) is 0 Å². The van der Waals surface area contributed by atoms with Crippen LogP contribution in [0.3, 0.4) is 0 Å². The summed E-state index contributed by atoms with van der Waals surface area (Å²) in [6.45, 7) is 0. The van der Waals surface area contributed by atoms with Crippen LogP contribution in [-0.4, -0.2) is 11.2 Å². The van der Waals surface area contributed by atoms with Gasteiger partial charge in [0, 0.05) is 0 Å². The van der Waals surface area contributed by atoms with Crippen LogP contribution in [0.15, 0.2) is 54.6 Å². The summed E-state index contributed by atoms with van der Waals surface area (Å²) in [7, 11) is 0. The number of aliphatic hydroxyl groups is 1. The molecule has 0 radical (unpaired) electrons. The Balaban J connectivity index is 1.90. The van der Waals surface area contributed by atoms with Gasteiger partial charge in [0.2, 0.25) is 0 Å². The highest BCUT2D eigenvalue weighted by molar-refractivity contribution is 5.63. The first-order valence-corrected chi connectivity index (χ1v) is 7.33. The number of hydrogen-bond acceptors (Lipinski definition) is 2. The molecule has 2 aromatic rings. The van der Waals surface area contributed by atoms with E-state index in [0.29, 0.717) is 0 Å². The number of benzene rings is 2. The monoisotopic (exact) mass is 267 g/mol. The second-order valence-corrected chi connectivity index (χ2v) is 5.75. The highest BCUT2D eigenvalue weighted by Gasteiger charge is 2.37. The molecule has 1 saturated carbocycles. The third-order valence-corrected chi connectivity index (χ3v) is 4.44. The van der Waals surface area contributed by atoms with Gasteiger partial charge in [-0.1, -0.05) is 67.4 Å². The molecule has 104 valence electrons. The highest BCUT2D eigenvalue weighted by Crippen LogP contribution is 2.35. The van der Waals surface area contributed by atoms with E-state index < -0.39 is 11.6 Å². The smallest absolute Gasteiger partial charge is 0.0761 e. The number of nitrogens with two attached hydrogens (primary N) is 1. The summed E-state index contributed by atoms with van der Waals surface area (Å²) in [5, 5.41) is 10.2. The predicted octanol–water partition coefficient (Wildman–Crippen LogP) is 3.44. The number of hydrogen-bond donors (Lipinski definition) is 2. The standard InChI is InChI=1S/C18H21NO/c19-18(13-5-4-8-17(18)20)16-11-9-15(10-12-16)14-6-2-1-3-7-14/h1-3,6-7,9-12,17,20H,4-5,8,13,19H2/t17-,18-/m0/s1. The van der Waals surface area contributed by atoms with E-state index in [-0.39, 0.29) is 0 Å². The minimum Gasteiger partial charge on any atom is -0.391 e. The molecule has 0 aliphatic heterocycles. The Bertz CT molecular complexity index is 564. The van der Waals surface area contributed by atoms with Gasteiger partial charge in [0.25, 0.3) is 0 Å². The summed E-state index contributed by atoms with van der Waals surface area (Å²) in [4.78, 5) is 0. The van der Waals surface area contributed by atoms with Crippen LogP contribution in [0.25, 0.3) is 11.1 Å². The fourth-order valence-corrected chi connectivity index (χ4v) is 3.12. The molecule has 2 nitrogen and oxygen atoms in total. The Morgan fingerprint density at radius 3 is 2.20 bits per heavy atom. The highest BCUT2D eigenvalue weighted by atomic mass is 16.3. The van der Waals surface area contributed by atoms with Crippen molar-refractivity contribution in [1.29, 1.82) is 0 Å². The molecule has 0 amide bonds. The summed E-state index contributed by atoms with van der Waals surface area (Å²) >= 11 is 0. The molecule has 2 aromatic carbocycles. The summed E-state index contributed by atoms with van der Waals surface area (Å²) in [5.41, 5.74) is 9.32. The lowest BCUT2D eigenvalue weighted by molar-refractivity contribution is 0.0450. The second-order valence-electron chi connectivity index (χ2n) is 5.75. The van der Waals surface area contributed by atoms with Gasteiger partial charge in [0.15, 0.2) is 0 Å². The van der Waals surface area contributed by atoms with Gasteiger partial charge in [-0.15, -0.1) is 0 Å². The maximum Gasteiger partial charge on any atom is 0.0761 e. The third-order valence-electron chi connectivity index (χ3n) is 4.44. The van der Waals surface area contributed by atoms with Crippen LogP contribution in [0.4, 0.5) is 0 Å². The summed E-state index contributed by atoms with van der Waals surface area (Å²) < 4.78 is 0. The first-order chi connectivity index (χ1) is 9.70. The molecule has 1 aliphatic carbocycles. The van der Waals surface area contributed by atoms with Crippen molar-refractivity contribution < 1.29 is 5.11 Å². The maximum atomic E-state index is 10.2. The van der Waals surface area contributed by atoms with Crippen LogP contribution >= 0.6 is 0 Å². The molecule has 2 atom stereocenters. The van der Waals surface area contributed by atoms with Crippen LogP contribution in [0, 0.1) is 0 Å². The van der Waals surface area contributed by atoms with Crippen molar-refractivity contribution in [2.75, 3.05) is 0 Å². The Morgan fingerprint density at radius 1 is 0.900 bits per heavy atom. The topological polar surface area (TPSA) is 46.2 Å². The van der Waals surface area contributed by atoms with E-state index in [4.69, 9.17) is 5.73 Å². The van der Waals surface area contributed by atoms with Crippen molar-refractivity contribution in [2.24, 2.45) is 5.73 Å². The van der Waals surface area contributed by atoms with Crippen molar-refractivity contribution in [3.05, 3.63) is 60.2 Å². The Morgan fingerprint density at radius 2 is 1.55 bits per heavy atom. The van der Waals surface area contributed by atoms with Crippen LogP contribution in [0.1, 0.15) is 31.2 Å². The minimum absolute atomic E-state index is 0.432. The van der Waals surface area contributed by atoms with Gasteiger partial charge in [0.05, 0.1) is 11.6 Å². The van der Waals surface area contributed by atoms with E-state index in [9.17, 15) is 5.11 Å². The van der Waals surface area contributed by atoms with Crippen LogP contribution in [0.5, 0.6) is 0 Å². The predicted molar refractivity (Wildman–Crippen MR) is 82.2 cm³/mol. The number of rotatable bonds is 2. The Hall–Kier alpha value is -1.64. The molecule has 0 bridgehead atoms. The zero-order valence-corrected chi connectivity index (χ0v) is 11.6. The van der Waals surface area contributed by atoms with Crippen LogP contribution in [0.2, 0.25) is 0 Å². The van der Waals surface area contributed by atoms with E-state index in [1.807, 2.05) is 18.2 Å². The van der Waals surface area contributed by atoms with Crippen molar-refractivity contribution >= 4 is 0 Å². The van der Waals surface area contributed by atoms with Crippen molar-refractivity contribution in [3.8, 4) is 11.1 Å². The average molecular weight is 267 g/mol. The zero-order chi connectivity index (χ0) is 14.0. The van der Waals surface area contributed by atoms with Gasteiger partial charge in [-0.05, 0) is 29.5 Å². The zero-order valence-electron chi connectivity index (χ0n) is 11.6. The fourth-order valence-electron chi connectivity index (χ4n) is 3.12. The summed E-state index contributed by atoms with van der Waals surface area (Å²) in [5.74, 6) is 0. The van der Waals surface area contributed by atoms with Gasteiger partial charge in [-0.25, -0.2) is 0 Å². The lowest BCUT2D eigenvalue weighted by atomic mass is 9.75. The first-order valence-electron chi connectivity index (χ1n) is 7.33. The maximum absolute atomic E-state index is 10.2. The fraction of sp³-hybridized carbons (Fsp3) is 0.333. The molecule has 0 aromatic heterocycles. The van der Waals surface area contributed by atoms with E-state index in [2.05, 4.69) is 36.4 Å². The van der Waals surface area contributed by atoms with Gasteiger partial charge in [-0.2, -0.15) is 0 Å². The largest absolute Gasteiger partial charge is 0.391 e. The minimum atomic E-state index is -0.576. The van der Waals surface area contributed by atoms with Crippen molar-refractivity contribution in [2.45, 2.75) is 37.3 Å². The van der Waals surface area contributed by atoms with Gasteiger partial charge in [0.1, 0.15) is 0 Å². The molecule has 0 heterocycles. The van der Waals surface area contributed by atoms with Gasteiger partial charge >= 0.3 is 0 Å². The van der Waals surface area contributed by atoms with Crippen molar-refractivity contribution in [1.82, 2.24) is 0 Å². The second kappa shape index (κ2) is 5.39. The van der Waals surface area contributed by atoms with Crippen molar-refractivity contribution in [3.63, 3.8) is 0 Å². The van der Waals surface area contributed by atoms with E-state index in [1.165, 1.54) is 11.1 Å². The summed E-state index contributed by atoms with van der Waals surface area (Å²) in [6, 6.07) is 18.6. The normalized spacial score (nSPS) is 26.4. The lowest BCUT2D eigenvalue weighted by Crippen LogP contribution is -2.49. The summed E-state index contributed by atoms with van der Waals surface area (Å²) in [6.07, 6.45) is 3.39. The van der Waals surface area contributed by atoms with Crippen LogP contribution in [-0.2, 0) is 5.54 Å². The van der Waals surface area contributed by atoms with Crippen LogP contribution < -0.4 is 5.73 Å². The quantitative estimate of drug-likeness (QED) is 0.875. The van der Waals surface area contributed by atoms with E-state index in [1.54, 1.807) is 0 Å². The molecular weight excluding hydrogens is 246 g/mol. The molecule has 0 saturated heterocycles. The van der Waals surface area contributed by atoms with E-state index in [0.717, 1.165) is 31.2 Å². The van der Waals surface area contributed by atoms with Gasteiger partial charge < -0.3 is 10.8 Å². The molecule has 20 heavy (non-hydrogen) atoms. The SMILES string of the molecule is N[C@]1(c2ccc(-c3ccccc3)cc2)CCCC[C@@H]1O. The average Bonchev–Trinajstić information content (AvgIpc) is 2.51. The molecule has 0 spiro atoms. The molecule has 3 N–H and O–H groups in total. The molecule has 3 rings (SSSR count). The molecule has 2 heteroatoms. The third kappa shape index (κ3) is 2.37.